The molecule has 0 radical (unpaired) electrons. The molecule has 1 fully saturated rings. The van der Waals surface area contributed by atoms with Crippen LogP contribution in [0.2, 0.25) is 0 Å². The van der Waals surface area contributed by atoms with Gasteiger partial charge in [0.1, 0.15) is 11.5 Å². The van der Waals surface area contributed by atoms with Crippen molar-refractivity contribution in [1.29, 1.82) is 0 Å². The molecule has 4 atom stereocenters. The first-order chi connectivity index (χ1) is 10.1. The standard InChI is InChI=1S/C11H15N5O4S/c1-20-7-6(18)4(2-17)21-10(7)16-3-13-5-8(16)14-11(12)15-9(5)19/h3-4,6-7,10,17-18H,2H2,1H3,(H3,12,14,15,19)/t4-,6?,7?,10-/m1/s1. The molecule has 1 saturated heterocycles. The molecule has 2 unspecified atom stereocenters. The lowest BCUT2D eigenvalue weighted by atomic mass is 10.1. The summed E-state index contributed by atoms with van der Waals surface area (Å²) in [6.07, 6.45) is 0.0846. The summed E-state index contributed by atoms with van der Waals surface area (Å²) in [7, 11) is 1.48. The van der Waals surface area contributed by atoms with Gasteiger partial charge in [-0.3, -0.25) is 14.3 Å². The number of nitrogens with one attached hydrogen (secondary N) is 1. The van der Waals surface area contributed by atoms with Crippen LogP contribution in [0, 0.1) is 0 Å². The van der Waals surface area contributed by atoms with E-state index in [2.05, 4.69) is 15.0 Å². The summed E-state index contributed by atoms with van der Waals surface area (Å²) in [5.41, 5.74) is 5.63. The topological polar surface area (TPSA) is 139 Å². The molecule has 2 aromatic heterocycles. The Labute approximate surface area is 123 Å². The third kappa shape index (κ3) is 2.20. The lowest BCUT2D eigenvalue weighted by molar-refractivity contribution is -0.0179. The fourth-order valence-electron chi connectivity index (χ4n) is 2.48. The van der Waals surface area contributed by atoms with Gasteiger partial charge in [0.15, 0.2) is 11.2 Å². The van der Waals surface area contributed by atoms with E-state index in [0.717, 1.165) is 0 Å². The highest BCUT2D eigenvalue weighted by Gasteiger charge is 2.44. The van der Waals surface area contributed by atoms with E-state index in [1.807, 2.05) is 0 Å². The van der Waals surface area contributed by atoms with Crippen LogP contribution in [0.3, 0.4) is 0 Å². The molecule has 1 aliphatic rings. The Morgan fingerprint density at radius 3 is 3.05 bits per heavy atom. The van der Waals surface area contributed by atoms with Crippen LogP contribution in [0.5, 0.6) is 0 Å². The summed E-state index contributed by atoms with van der Waals surface area (Å²) < 4.78 is 6.96. The first-order valence-electron chi connectivity index (χ1n) is 6.26. The number of H-pyrrole nitrogens is 1. The van der Waals surface area contributed by atoms with E-state index in [0.29, 0.717) is 5.65 Å². The molecule has 10 heteroatoms. The van der Waals surface area contributed by atoms with E-state index >= 15 is 0 Å². The van der Waals surface area contributed by atoms with E-state index in [4.69, 9.17) is 10.5 Å². The first kappa shape index (κ1) is 14.3. The van der Waals surface area contributed by atoms with Gasteiger partial charge in [0.05, 0.1) is 24.3 Å². The van der Waals surface area contributed by atoms with Crippen molar-refractivity contribution in [2.45, 2.75) is 22.8 Å². The van der Waals surface area contributed by atoms with E-state index in [9.17, 15) is 15.0 Å². The number of rotatable bonds is 3. The van der Waals surface area contributed by atoms with Crippen LogP contribution in [0.4, 0.5) is 5.95 Å². The number of aromatic nitrogens is 4. The Balaban J connectivity index is 2.10. The molecule has 0 saturated carbocycles. The summed E-state index contributed by atoms with van der Waals surface area (Å²) in [6.45, 7) is -0.176. The zero-order valence-electron chi connectivity index (χ0n) is 11.1. The second-order valence-corrected chi connectivity index (χ2v) is 6.07. The number of hydrogen-bond donors (Lipinski definition) is 4. The van der Waals surface area contributed by atoms with Crippen LogP contribution in [-0.2, 0) is 4.74 Å². The molecular weight excluding hydrogens is 298 g/mol. The predicted octanol–water partition coefficient (Wildman–Crippen LogP) is -1.32. The van der Waals surface area contributed by atoms with Crippen molar-refractivity contribution in [1.82, 2.24) is 19.5 Å². The molecule has 0 aromatic carbocycles. The van der Waals surface area contributed by atoms with Crippen LogP contribution in [0.1, 0.15) is 5.37 Å². The lowest BCUT2D eigenvalue weighted by Gasteiger charge is -2.20. The van der Waals surface area contributed by atoms with Gasteiger partial charge >= 0.3 is 0 Å². The smallest absolute Gasteiger partial charge is 0.280 e. The van der Waals surface area contributed by atoms with E-state index in [1.165, 1.54) is 25.2 Å². The van der Waals surface area contributed by atoms with E-state index in [1.54, 1.807) is 4.57 Å². The maximum atomic E-state index is 11.8. The number of thioether (sulfide) groups is 1. The zero-order valence-corrected chi connectivity index (χ0v) is 11.9. The van der Waals surface area contributed by atoms with Crippen molar-refractivity contribution in [3.8, 4) is 0 Å². The van der Waals surface area contributed by atoms with Gasteiger partial charge in [-0.25, -0.2) is 4.98 Å². The largest absolute Gasteiger partial charge is 0.395 e. The molecule has 114 valence electrons. The Kier molecular flexibility index (Phi) is 3.61. The maximum absolute atomic E-state index is 11.8. The van der Waals surface area contributed by atoms with Gasteiger partial charge < -0.3 is 20.7 Å². The van der Waals surface area contributed by atoms with Crippen molar-refractivity contribution in [3.63, 3.8) is 0 Å². The summed E-state index contributed by atoms with van der Waals surface area (Å²) >= 11 is 1.34. The average molecular weight is 313 g/mol. The van der Waals surface area contributed by atoms with Crippen molar-refractivity contribution >= 4 is 28.9 Å². The normalized spacial score (nSPS) is 29.3. The van der Waals surface area contributed by atoms with Gasteiger partial charge in [0, 0.05) is 7.11 Å². The summed E-state index contributed by atoms with van der Waals surface area (Å²) in [5.74, 6) is -0.00882. The summed E-state index contributed by atoms with van der Waals surface area (Å²) in [5, 5.41) is 18.7. The monoisotopic (exact) mass is 313 g/mol. The minimum Gasteiger partial charge on any atom is -0.395 e. The number of aliphatic hydroxyl groups excluding tert-OH is 2. The SMILES string of the molecule is COC1C(O)[C@@H](CO)S[C@H]1n1cnc2c(=O)[nH]c(N)nc21. The fourth-order valence-corrected chi connectivity index (χ4v) is 3.95. The van der Waals surface area contributed by atoms with Gasteiger partial charge in [-0.05, 0) is 0 Å². The lowest BCUT2D eigenvalue weighted by Crippen LogP contribution is -2.34. The molecule has 0 aliphatic carbocycles. The molecule has 0 amide bonds. The average Bonchev–Trinajstić information content (AvgIpc) is 2.99. The molecule has 3 rings (SSSR count). The highest BCUT2D eigenvalue weighted by atomic mass is 32.2. The minimum absolute atomic E-state index is 0.00882. The molecule has 1 aliphatic heterocycles. The van der Waals surface area contributed by atoms with Crippen molar-refractivity contribution in [3.05, 3.63) is 16.7 Å². The maximum Gasteiger partial charge on any atom is 0.280 e. The van der Waals surface area contributed by atoms with Crippen LogP contribution in [0.25, 0.3) is 11.2 Å². The molecule has 5 N–H and O–H groups in total. The van der Waals surface area contributed by atoms with Gasteiger partial charge in [-0.2, -0.15) is 4.98 Å². The molecule has 2 aromatic rings. The molecule has 0 bridgehead atoms. The van der Waals surface area contributed by atoms with Crippen molar-refractivity contribution in [2.24, 2.45) is 0 Å². The highest BCUT2D eigenvalue weighted by Crippen LogP contribution is 2.43. The second-order valence-electron chi connectivity index (χ2n) is 4.71. The number of ether oxygens (including phenoxy) is 1. The van der Waals surface area contributed by atoms with Gasteiger partial charge in [0.25, 0.3) is 5.56 Å². The third-order valence-electron chi connectivity index (χ3n) is 3.49. The zero-order chi connectivity index (χ0) is 15.1. The fraction of sp³-hybridized carbons (Fsp3) is 0.545. The Bertz CT molecular complexity index is 716. The Morgan fingerprint density at radius 1 is 1.62 bits per heavy atom. The number of aliphatic hydroxyl groups is 2. The van der Waals surface area contributed by atoms with Crippen LogP contribution in [0.15, 0.2) is 11.1 Å². The second kappa shape index (κ2) is 5.30. The number of methoxy groups -OCH3 is 1. The molecule has 3 heterocycles. The number of aromatic amines is 1. The minimum atomic E-state index is -0.827. The third-order valence-corrected chi connectivity index (χ3v) is 5.04. The summed E-state index contributed by atoms with van der Waals surface area (Å²) in [4.78, 5) is 22.3. The number of imidazole rings is 1. The van der Waals surface area contributed by atoms with Crippen LogP contribution < -0.4 is 11.3 Å². The molecule has 21 heavy (non-hydrogen) atoms. The van der Waals surface area contributed by atoms with E-state index in [-0.39, 0.29) is 28.7 Å². The predicted molar refractivity (Wildman–Crippen MR) is 76.9 cm³/mol. The van der Waals surface area contributed by atoms with Crippen LogP contribution in [-0.4, -0.2) is 60.9 Å². The Morgan fingerprint density at radius 2 is 2.38 bits per heavy atom. The van der Waals surface area contributed by atoms with E-state index < -0.39 is 17.8 Å². The van der Waals surface area contributed by atoms with Crippen molar-refractivity contribution in [2.75, 3.05) is 19.5 Å². The number of hydrogen-bond acceptors (Lipinski definition) is 8. The van der Waals surface area contributed by atoms with Crippen molar-refractivity contribution < 1.29 is 14.9 Å². The number of nitrogens with two attached hydrogens (primary N) is 1. The first-order valence-corrected chi connectivity index (χ1v) is 7.20. The van der Waals surface area contributed by atoms with Crippen LogP contribution >= 0.6 is 11.8 Å². The summed E-state index contributed by atoms with van der Waals surface area (Å²) in [6, 6.07) is 0. The van der Waals surface area contributed by atoms with Gasteiger partial charge in [-0.15, -0.1) is 11.8 Å². The number of anilines is 1. The molecule has 0 spiro atoms. The quantitative estimate of drug-likeness (QED) is 0.547. The van der Waals surface area contributed by atoms with Gasteiger partial charge in [0.2, 0.25) is 5.95 Å². The molecule has 9 nitrogen and oxygen atoms in total. The number of nitrogens with zero attached hydrogens (tertiary/aromatic N) is 3. The molecular formula is C11H15N5O4S. The number of nitrogen functional groups attached to an aromatic ring is 1. The highest BCUT2D eigenvalue weighted by molar-refractivity contribution is 8.00. The van der Waals surface area contributed by atoms with Gasteiger partial charge in [-0.1, -0.05) is 0 Å². The Hall–Kier alpha value is -1.62. The number of fused-ring (bicyclic) bond motifs is 1.